The average molecular weight is 326 g/mol. The maximum absolute atomic E-state index is 12.0. The molecule has 3 rings (SSSR count). The van der Waals surface area contributed by atoms with Crippen molar-refractivity contribution in [1.82, 2.24) is 0 Å². The van der Waals surface area contributed by atoms with Gasteiger partial charge in [0.05, 0.1) is 5.41 Å². The fourth-order valence-electron chi connectivity index (χ4n) is 3.51. The summed E-state index contributed by atoms with van der Waals surface area (Å²) in [5, 5.41) is 20.5. The highest BCUT2D eigenvalue weighted by atomic mass is 16.5. The fraction of sp³-hybridized carbons (Fsp3) is 0.350. The largest absolute Gasteiger partial charge is 0.504 e. The third-order valence-electron chi connectivity index (χ3n) is 4.87. The molecule has 0 atom stereocenters. The van der Waals surface area contributed by atoms with Crippen LogP contribution < -0.4 is 4.74 Å². The summed E-state index contributed by atoms with van der Waals surface area (Å²) < 4.78 is 5.74. The molecule has 0 aromatic heterocycles. The molecule has 2 aromatic carbocycles. The molecule has 2 aromatic rings. The first-order valence-corrected chi connectivity index (χ1v) is 8.36. The lowest BCUT2D eigenvalue weighted by Gasteiger charge is -2.34. The van der Waals surface area contributed by atoms with Gasteiger partial charge in [0.1, 0.15) is 6.61 Å². The number of hydrogen-bond acceptors (Lipinski definition) is 3. The smallest absolute Gasteiger partial charge is 0.314 e. The van der Waals surface area contributed by atoms with Crippen LogP contribution in [0.2, 0.25) is 0 Å². The third-order valence-corrected chi connectivity index (χ3v) is 4.87. The Balaban J connectivity index is 1.88. The predicted molar refractivity (Wildman–Crippen MR) is 91.3 cm³/mol. The van der Waals surface area contributed by atoms with Crippen LogP contribution in [0, 0.1) is 0 Å². The molecule has 4 nitrogen and oxygen atoms in total. The highest BCUT2D eigenvalue weighted by Gasteiger charge is 2.43. The summed E-state index contributed by atoms with van der Waals surface area (Å²) in [4.78, 5) is 12.0. The van der Waals surface area contributed by atoms with Gasteiger partial charge >= 0.3 is 5.97 Å². The molecule has 1 aliphatic carbocycles. The van der Waals surface area contributed by atoms with E-state index < -0.39 is 11.4 Å². The Hall–Kier alpha value is -2.49. The van der Waals surface area contributed by atoms with Crippen molar-refractivity contribution in [2.45, 2.75) is 44.1 Å². The van der Waals surface area contributed by atoms with E-state index in [0.717, 1.165) is 24.8 Å². The summed E-state index contributed by atoms with van der Waals surface area (Å²) in [5.74, 6) is -0.571. The van der Waals surface area contributed by atoms with E-state index in [2.05, 4.69) is 0 Å². The summed E-state index contributed by atoms with van der Waals surface area (Å²) in [6.45, 7) is 0.331. The second-order valence-electron chi connectivity index (χ2n) is 6.37. The highest BCUT2D eigenvalue weighted by Crippen LogP contribution is 2.46. The minimum Gasteiger partial charge on any atom is -0.504 e. The van der Waals surface area contributed by atoms with Crippen molar-refractivity contribution in [1.29, 1.82) is 0 Å². The van der Waals surface area contributed by atoms with Crippen LogP contribution in [0.15, 0.2) is 48.5 Å². The van der Waals surface area contributed by atoms with E-state index in [0.29, 0.717) is 30.8 Å². The molecule has 0 radical (unpaired) electrons. The minimum atomic E-state index is -1.01. The molecule has 24 heavy (non-hydrogen) atoms. The molecule has 0 bridgehead atoms. The van der Waals surface area contributed by atoms with Crippen LogP contribution in [0.5, 0.6) is 11.5 Å². The Morgan fingerprint density at radius 1 is 1.00 bits per heavy atom. The number of ether oxygens (including phenoxy) is 1. The topological polar surface area (TPSA) is 66.8 Å². The number of carboxylic acids is 1. The molecule has 2 N–H and O–H groups in total. The van der Waals surface area contributed by atoms with Gasteiger partial charge in [0.25, 0.3) is 0 Å². The molecule has 1 saturated carbocycles. The molecular formula is C20H22O4. The molecular weight excluding hydrogens is 304 g/mol. The maximum atomic E-state index is 12.0. The van der Waals surface area contributed by atoms with E-state index in [1.807, 2.05) is 30.3 Å². The number of benzene rings is 2. The first-order chi connectivity index (χ1) is 11.6. The molecule has 1 aliphatic rings. The fourth-order valence-corrected chi connectivity index (χ4v) is 3.51. The number of carboxylic acid groups (broad SMARTS) is 1. The van der Waals surface area contributed by atoms with Crippen LogP contribution in [0.1, 0.15) is 43.2 Å². The number of phenolic OH excluding ortho intramolecular Hbond substituents is 1. The van der Waals surface area contributed by atoms with Crippen molar-refractivity contribution in [2.75, 3.05) is 0 Å². The SMILES string of the molecule is O=C(O)C1(c2cccc(OCc3ccccc3)c2O)CCCCC1. The van der Waals surface area contributed by atoms with Crippen LogP contribution in [0.3, 0.4) is 0 Å². The molecule has 0 heterocycles. The molecule has 0 unspecified atom stereocenters. The lowest BCUT2D eigenvalue weighted by atomic mass is 9.69. The van der Waals surface area contributed by atoms with Crippen molar-refractivity contribution in [3.63, 3.8) is 0 Å². The Morgan fingerprint density at radius 3 is 2.38 bits per heavy atom. The zero-order valence-electron chi connectivity index (χ0n) is 13.6. The normalized spacial score (nSPS) is 16.5. The maximum Gasteiger partial charge on any atom is 0.314 e. The summed E-state index contributed by atoms with van der Waals surface area (Å²) in [5.41, 5.74) is 0.460. The minimum absolute atomic E-state index is 0.0438. The standard InChI is InChI=1S/C20H22O4/c21-18-16(20(19(22)23)12-5-2-6-13-20)10-7-11-17(18)24-14-15-8-3-1-4-9-15/h1,3-4,7-11,21H,2,5-6,12-14H2,(H,22,23). The number of carbonyl (C=O) groups is 1. The van der Waals surface area contributed by atoms with Gasteiger partial charge in [-0.05, 0) is 24.5 Å². The van der Waals surface area contributed by atoms with Crippen LogP contribution in [0.25, 0.3) is 0 Å². The summed E-state index contributed by atoms with van der Waals surface area (Å²) >= 11 is 0. The summed E-state index contributed by atoms with van der Waals surface area (Å²) in [6, 6.07) is 14.8. The highest BCUT2D eigenvalue weighted by molar-refractivity contribution is 5.83. The molecule has 0 aliphatic heterocycles. The summed E-state index contributed by atoms with van der Waals surface area (Å²) in [6.07, 6.45) is 3.87. The van der Waals surface area contributed by atoms with Gasteiger partial charge in [-0.3, -0.25) is 4.79 Å². The zero-order valence-corrected chi connectivity index (χ0v) is 13.6. The second kappa shape index (κ2) is 6.95. The quantitative estimate of drug-likeness (QED) is 0.861. The van der Waals surface area contributed by atoms with Crippen molar-refractivity contribution in [3.05, 3.63) is 59.7 Å². The molecule has 4 heteroatoms. The van der Waals surface area contributed by atoms with E-state index in [1.54, 1.807) is 18.2 Å². The lowest BCUT2D eigenvalue weighted by molar-refractivity contribution is -0.145. The van der Waals surface area contributed by atoms with Crippen molar-refractivity contribution < 1.29 is 19.7 Å². The third kappa shape index (κ3) is 3.09. The van der Waals surface area contributed by atoms with Gasteiger partial charge in [-0.1, -0.05) is 61.7 Å². The van der Waals surface area contributed by atoms with Gasteiger partial charge in [0, 0.05) is 5.56 Å². The van der Waals surface area contributed by atoms with Crippen molar-refractivity contribution in [3.8, 4) is 11.5 Å². The van der Waals surface area contributed by atoms with E-state index in [4.69, 9.17) is 4.74 Å². The van der Waals surface area contributed by atoms with E-state index >= 15 is 0 Å². The van der Waals surface area contributed by atoms with Crippen molar-refractivity contribution in [2.24, 2.45) is 0 Å². The van der Waals surface area contributed by atoms with E-state index in [1.165, 1.54) is 0 Å². The lowest BCUT2D eigenvalue weighted by Crippen LogP contribution is -2.37. The molecule has 1 fully saturated rings. The van der Waals surface area contributed by atoms with Gasteiger partial charge in [-0.15, -0.1) is 0 Å². The van der Waals surface area contributed by atoms with Gasteiger partial charge in [-0.2, -0.15) is 0 Å². The van der Waals surface area contributed by atoms with Gasteiger partial charge in [0.15, 0.2) is 11.5 Å². The van der Waals surface area contributed by atoms with E-state index in [-0.39, 0.29) is 5.75 Å². The number of hydrogen-bond donors (Lipinski definition) is 2. The van der Waals surface area contributed by atoms with Gasteiger partial charge in [-0.25, -0.2) is 0 Å². The Bertz CT molecular complexity index is 703. The Labute approximate surface area is 141 Å². The zero-order chi connectivity index (χ0) is 17.0. The second-order valence-corrected chi connectivity index (χ2v) is 6.37. The monoisotopic (exact) mass is 326 g/mol. The number of aromatic hydroxyl groups is 1. The van der Waals surface area contributed by atoms with Crippen LogP contribution in [-0.4, -0.2) is 16.2 Å². The average Bonchev–Trinajstić information content (AvgIpc) is 2.62. The van der Waals surface area contributed by atoms with Gasteiger partial charge in [0.2, 0.25) is 0 Å². The van der Waals surface area contributed by atoms with Crippen LogP contribution in [-0.2, 0) is 16.8 Å². The van der Waals surface area contributed by atoms with Crippen LogP contribution >= 0.6 is 0 Å². The summed E-state index contributed by atoms with van der Waals surface area (Å²) in [7, 11) is 0. The van der Waals surface area contributed by atoms with E-state index in [9.17, 15) is 15.0 Å². The predicted octanol–water partition coefficient (Wildman–Crippen LogP) is 4.26. The Morgan fingerprint density at radius 2 is 1.71 bits per heavy atom. The van der Waals surface area contributed by atoms with Gasteiger partial charge < -0.3 is 14.9 Å². The number of aliphatic carboxylic acids is 1. The molecule has 0 amide bonds. The number of para-hydroxylation sites is 1. The number of phenols is 1. The van der Waals surface area contributed by atoms with Crippen LogP contribution in [0.4, 0.5) is 0 Å². The Kier molecular flexibility index (Phi) is 4.74. The number of rotatable bonds is 5. The first kappa shape index (κ1) is 16.4. The molecule has 126 valence electrons. The van der Waals surface area contributed by atoms with Crippen molar-refractivity contribution >= 4 is 5.97 Å². The molecule has 0 spiro atoms. The first-order valence-electron chi connectivity index (χ1n) is 8.36. The molecule has 0 saturated heterocycles.